The summed E-state index contributed by atoms with van der Waals surface area (Å²) in [6, 6.07) is -1.30. The highest BCUT2D eigenvalue weighted by molar-refractivity contribution is 7.46. The van der Waals surface area contributed by atoms with E-state index in [-0.39, 0.29) is 0 Å². The van der Waals surface area contributed by atoms with E-state index in [1.54, 1.807) is 0 Å². The lowest BCUT2D eigenvalue weighted by molar-refractivity contribution is -0.174. The van der Waals surface area contributed by atoms with Crippen molar-refractivity contribution in [2.45, 2.75) is 30.6 Å². The predicted molar refractivity (Wildman–Crippen MR) is 52.2 cm³/mol. The number of phosphoric acid groups is 1. The second kappa shape index (κ2) is 6.71. The van der Waals surface area contributed by atoms with Gasteiger partial charge in [0.05, 0.1) is 18.8 Å². The van der Waals surface area contributed by atoms with Crippen molar-refractivity contribution in [3.8, 4) is 0 Å². The van der Waals surface area contributed by atoms with Crippen LogP contribution in [0.2, 0.25) is 0 Å². The maximum absolute atomic E-state index is 10.3. The average Bonchev–Trinajstić information content (AvgIpc) is 2.22. The zero-order valence-electron chi connectivity index (χ0n) is 8.57. The summed E-state index contributed by atoms with van der Waals surface area (Å²) in [6.07, 6.45) is -8.51. The zero-order valence-corrected chi connectivity index (χ0v) is 9.46. The Balaban J connectivity index is 4.48. The first-order valence-electron chi connectivity index (χ1n) is 4.42. The summed E-state index contributed by atoms with van der Waals surface area (Å²) in [6.45, 7) is -0.708. The van der Waals surface area contributed by atoms with E-state index in [0.29, 0.717) is 0 Å². The van der Waals surface area contributed by atoms with Crippen molar-refractivity contribution in [2.24, 2.45) is 5.73 Å². The monoisotopic (exact) mass is 277 g/mol. The van der Waals surface area contributed by atoms with Gasteiger partial charge >= 0.3 is 7.82 Å². The van der Waals surface area contributed by atoms with Gasteiger partial charge in [0.15, 0.2) is 6.29 Å². The van der Waals surface area contributed by atoms with Crippen LogP contribution in [0, 0.1) is 0 Å². The van der Waals surface area contributed by atoms with Crippen LogP contribution >= 0.6 is 7.82 Å². The molecule has 0 amide bonds. The standard InChI is InChI=1S/C6H16NO9P/c7-2(1-8)3(9)4(10)5(11)6(12)16-17(13,14)15/h2-6,8-12H,1,7H2,(H2,13,14,15)/t2-,3+,4+,5+,6?/m1/s1. The first-order valence-corrected chi connectivity index (χ1v) is 5.96. The van der Waals surface area contributed by atoms with E-state index in [4.69, 9.17) is 25.7 Å². The fourth-order valence-electron chi connectivity index (χ4n) is 0.935. The van der Waals surface area contributed by atoms with Crippen molar-refractivity contribution in [1.82, 2.24) is 0 Å². The summed E-state index contributed by atoms with van der Waals surface area (Å²) in [5.41, 5.74) is 5.14. The highest BCUT2D eigenvalue weighted by Crippen LogP contribution is 2.37. The largest absolute Gasteiger partial charge is 0.472 e. The van der Waals surface area contributed by atoms with Gasteiger partial charge in [-0.1, -0.05) is 0 Å². The third-order valence-corrected chi connectivity index (χ3v) is 2.38. The Morgan fingerprint density at radius 2 is 1.53 bits per heavy atom. The zero-order chi connectivity index (χ0) is 13.8. The molecule has 0 aromatic carbocycles. The molecule has 0 fully saturated rings. The smallest absolute Gasteiger partial charge is 0.395 e. The van der Waals surface area contributed by atoms with Crippen LogP contribution in [0.5, 0.6) is 0 Å². The summed E-state index contributed by atoms with van der Waals surface area (Å²) in [4.78, 5) is 16.6. The Kier molecular flexibility index (Phi) is 6.66. The first-order chi connectivity index (χ1) is 7.60. The van der Waals surface area contributed by atoms with Gasteiger partial charge in [-0.3, -0.25) is 4.52 Å². The van der Waals surface area contributed by atoms with Gasteiger partial charge in [-0.25, -0.2) is 4.57 Å². The number of aliphatic hydroxyl groups excluding tert-OH is 5. The first kappa shape index (κ1) is 16.9. The van der Waals surface area contributed by atoms with Crippen LogP contribution in [0.1, 0.15) is 0 Å². The van der Waals surface area contributed by atoms with Gasteiger partial charge < -0.3 is 41.1 Å². The summed E-state index contributed by atoms with van der Waals surface area (Å²) in [5, 5.41) is 45.3. The number of hydrogen-bond donors (Lipinski definition) is 8. The van der Waals surface area contributed by atoms with Crippen molar-refractivity contribution < 1.29 is 44.4 Å². The molecule has 0 aliphatic heterocycles. The second-order valence-corrected chi connectivity index (χ2v) is 4.50. The average molecular weight is 277 g/mol. The molecule has 11 heteroatoms. The topological polar surface area (TPSA) is 194 Å². The molecule has 0 aromatic rings. The molecule has 0 aliphatic rings. The van der Waals surface area contributed by atoms with Gasteiger partial charge in [-0.2, -0.15) is 0 Å². The van der Waals surface area contributed by atoms with Crippen LogP contribution in [-0.4, -0.2) is 72.6 Å². The van der Waals surface area contributed by atoms with Gasteiger partial charge in [-0.05, 0) is 0 Å². The van der Waals surface area contributed by atoms with Crippen LogP contribution in [0.3, 0.4) is 0 Å². The summed E-state index contributed by atoms with van der Waals surface area (Å²) >= 11 is 0. The predicted octanol–water partition coefficient (Wildman–Crippen LogP) is -4.18. The SMILES string of the molecule is N[C@H](CO)[C@H](O)[C@H](O)[C@H](O)C(O)OP(=O)(O)O. The Morgan fingerprint density at radius 3 is 1.88 bits per heavy atom. The maximum Gasteiger partial charge on any atom is 0.472 e. The lowest BCUT2D eigenvalue weighted by Gasteiger charge is -2.28. The van der Waals surface area contributed by atoms with Crippen molar-refractivity contribution in [1.29, 1.82) is 0 Å². The molecule has 104 valence electrons. The number of phosphoric ester groups is 1. The fourth-order valence-corrected chi connectivity index (χ4v) is 1.34. The van der Waals surface area contributed by atoms with Gasteiger partial charge in [-0.15, -0.1) is 0 Å². The maximum atomic E-state index is 10.3. The minimum atomic E-state index is -5.06. The van der Waals surface area contributed by atoms with E-state index in [1.165, 1.54) is 0 Å². The van der Waals surface area contributed by atoms with Gasteiger partial charge in [0.2, 0.25) is 0 Å². The molecular formula is C6H16NO9P. The van der Waals surface area contributed by atoms with E-state index in [2.05, 4.69) is 4.52 Å². The normalized spacial score (nSPS) is 21.6. The third-order valence-electron chi connectivity index (χ3n) is 1.89. The molecule has 0 heterocycles. The van der Waals surface area contributed by atoms with Crippen LogP contribution in [0.25, 0.3) is 0 Å². The minimum absolute atomic E-state index is 0.708. The number of aliphatic hydroxyl groups is 5. The molecule has 5 atom stereocenters. The van der Waals surface area contributed by atoms with Crippen LogP contribution in [0.15, 0.2) is 0 Å². The quantitative estimate of drug-likeness (QED) is 0.167. The Morgan fingerprint density at radius 1 is 1.06 bits per heavy atom. The van der Waals surface area contributed by atoms with Crippen LogP contribution < -0.4 is 5.73 Å². The molecule has 0 spiro atoms. The second-order valence-electron chi connectivity index (χ2n) is 3.30. The molecular weight excluding hydrogens is 261 g/mol. The molecule has 1 unspecified atom stereocenters. The van der Waals surface area contributed by atoms with Gasteiger partial charge in [0.25, 0.3) is 0 Å². The van der Waals surface area contributed by atoms with Crippen LogP contribution in [0.4, 0.5) is 0 Å². The van der Waals surface area contributed by atoms with E-state index in [0.717, 1.165) is 0 Å². The van der Waals surface area contributed by atoms with Gasteiger partial charge in [0.1, 0.15) is 12.2 Å². The highest BCUT2D eigenvalue weighted by atomic mass is 31.2. The Hall–Kier alpha value is -0.130. The fraction of sp³-hybridized carbons (Fsp3) is 1.00. The summed E-state index contributed by atoms with van der Waals surface area (Å²) in [7, 11) is -5.06. The summed E-state index contributed by atoms with van der Waals surface area (Å²) in [5.74, 6) is 0. The van der Waals surface area contributed by atoms with Crippen molar-refractivity contribution in [3.05, 3.63) is 0 Å². The molecule has 0 radical (unpaired) electrons. The molecule has 0 aromatic heterocycles. The molecule has 0 rings (SSSR count). The van der Waals surface area contributed by atoms with Crippen molar-refractivity contribution >= 4 is 7.82 Å². The molecule has 0 aliphatic carbocycles. The number of nitrogens with two attached hydrogens (primary N) is 1. The molecule has 0 saturated heterocycles. The van der Waals surface area contributed by atoms with E-state index < -0.39 is 45.1 Å². The molecule has 17 heavy (non-hydrogen) atoms. The molecule has 9 N–H and O–H groups in total. The highest BCUT2D eigenvalue weighted by Gasteiger charge is 2.36. The van der Waals surface area contributed by atoms with E-state index in [1.807, 2.05) is 0 Å². The number of hydrogen-bond acceptors (Lipinski definition) is 8. The van der Waals surface area contributed by atoms with Crippen LogP contribution in [-0.2, 0) is 9.09 Å². The van der Waals surface area contributed by atoms with Gasteiger partial charge in [0, 0.05) is 0 Å². The lowest BCUT2D eigenvalue weighted by Crippen LogP contribution is -2.53. The van der Waals surface area contributed by atoms with Crippen molar-refractivity contribution in [2.75, 3.05) is 6.61 Å². The number of rotatable bonds is 7. The molecule has 10 nitrogen and oxygen atoms in total. The van der Waals surface area contributed by atoms with E-state index >= 15 is 0 Å². The third kappa shape index (κ3) is 5.84. The minimum Gasteiger partial charge on any atom is -0.395 e. The van der Waals surface area contributed by atoms with Crippen molar-refractivity contribution in [3.63, 3.8) is 0 Å². The van der Waals surface area contributed by atoms with E-state index in [9.17, 15) is 19.9 Å². The summed E-state index contributed by atoms with van der Waals surface area (Å²) < 4.78 is 14.0. The Labute approximate surface area is 96.1 Å². The Bertz CT molecular complexity index is 270. The lowest BCUT2D eigenvalue weighted by atomic mass is 10.0. The molecule has 0 saturated carbocycles. The molecule has 0 bridgehead atoms.